The van der Waals surface area contributed by atoms with E-state index in [0.717, 1.165) is 24.5 Å². The SMILES string of the molecule is O=[N+]([O-])c1c(NCCCn2ccnc2)ncnc1Nc1cc(F)ccc1F. The Bertz CT molecular complexity index is 935. The van der Waals surface area contributed by atoms with Crippen molar-refractivity contribution in [2.45, 2.75) is 13.0 Å². The van der Waals surface area contributed by atoms with Gasteiger partial charge >= 0.3 is 5.69 Å². The molecular formula is C16H15F2N7O2. The molecule has 140 valence electrons. The largest absolute Gasteiger partial charge is 0.364 e. The third kappa shape index (κ3) is 4.51. The van der Waals surface area contributed by atoms with Gasteiger partial charge in [0.25, 0.3) is 0 Å². The maximum atomic E-state index is 13.8. The second-order valence-electron chi connectivity index (χ2n) is 5.51. The highest BCUT2D eigenvalue weighted by Crippen LogP contribution is 2.32. The molecule has 1 aromatic carbocycles. The van der Waals surface area contributed by atoms with Gasteiger partial charge in [0.1, 0.15) is 18.0 Å². The van der Waals surface area contributed by atoms with E-state index in [2.05, 4.69) is 25.6 Å². The van der Waals surface area contributed by atoms with Crippen LogP contribution in [0.25, 0.3) is 0 Å². The average Bonchev–Trinajstić information content (AvgIpc) is 3.15. The Balaban J connectivity index is 1.75. The maximum absolute atomic E-state index is 13.8. The molecule has 0 saturated heterocycles. The number of aryl methyl sites for hydroxylation is 1. The normalized spacial score (nSPS) is 10.6. The summed E-state index contributed by atoms with van der Waals surface area (Å²) >= 11 is 0. The molecule has 0 atom stereocenters. The van der Waals surface area contributed by atoms with E-state index < -0.39 is 22.2 Å². The van der Waals surface area contributed by atoms with E-state index in [4.69, 9.17) is 0 Å². The van der Waals surface area contributed by atoms with Crippen LogP contribution in [0.5, 0.6) is 0 Å². The van der Waals surface area contributed by atoms with Crippen LogP contribution in [0, 0.1) is 21.7 Å². The summed E-state index contributed by atoms with van der Waals surface area (Å²) < 4.78 is 29.0. The standard InChI is InChI=1S/C16H15F2N7O2/c17-11-2-3-12(18)13(8-11)23-16-14(25(26)27)15(21-9-22-16)20-4-1-6-24-7-5-19-10-24/h2-3,5,7-10H,1,4,6H2,(H2,20,21,22,23). The first kappa shape index (κ1) is 18.2. The van der Waals surface area contributed by atoms with Crippen molar-refractivity contribution >= 4 is 23.0 Å². The lowest BCUT2D eigenvalue weighted by Gasteiger charge is -2.11. The zero-order valence-corrected chi connectivity index (χ0v) is 14.0. The van der Waals surface area contributed by atoms with Crippen molar-refractivity contribution in [3.8, 4) is 0 Å². The number of anilines is 3. The molecule has 0 spiro atoms. The van der Waals surface area contributed by atoms with Gasteiger partial charge in [0.15, 0.2) is 0 Å². The van der Waals surface area contributed by atoms with Crippen LogP contribution < -0.4 is 10.6 Å². The van der Waals surface area contributed by atoms with E-state index in [1.54, 1.807) is 12.5 Å². The number of halogens is 2. The third-order valence-electron chi connectivity index (χ3n) is 3.63. The minimum Gasteiger partial charge on any atom is -0.364 e. The van der Waals surface area contributed by atoms with Crippen LogP contribution in [0.4, 0.5) is 31.8 Å². The third-order valence-corrected chi connectivity index (χ3v) is 3.63. The van der Waals surface area contributed by atoms with Crippen LogP contribution in [-0.2, 0) is 6.54 Å². The monoisotopic (exact) mass is 375 g/mol. The van der Waals surface area contributed by atoms with Crippen LogP contribution in [-0.4, -0.2) is 31.0 Å². The minimum atomic E-state index is -0.765. The predicted octanol–water partition coefficient (Wildman–Crippen LogP) is 3.11. The molecule has 3 aromatic rings. The molecule has 11 heteroatoms. The molecule has 0 unspecified atom stereocenters. The Hall–Kier alpha value is -3.63. The van der Waals surface area contributed by atoms with Crippen LogP contribution in [0.2, 0.25) is 0 Å². The molecule has 0 radical (unpaired) electrons. The summed E-state index contributed by atoms with van der Waals surface area (Å²) in [6.07, 6.45) is 6.90. The highest BCUT2D eigenvalue weighted by atomic mass is 19.1. The molecule has 3 rings (SSSR count). The number of rotatable bonds is 8. The predicted molar refractivity (Wildman–Crippen MR) is 93.7 cm³/mol. The summed E-state index contributed by atoms with van der Waals surface area (Å²) in [5, 5.41) is 16.8. The van der Waals surface area contributed by atoms with Gasteiger partial charge in [-0.1, -0.05) is 0 Å². The highest BCUT2D eigenvalue weighted by molar-refractivity contribution is 5.73. The number of nitro groups is 1. The number of hydrogen-bond donors (Lipinski definition) is 2. The van der Waals surface area contributed by atoms with E-state index >= 15 is 0 Å². The van der Waals surface area contributed by atoms with E-state index in [-0.39, 0.29) is 17.3 Å². The number of aromatic nitrogens is 4. The van der Waals surface area contributed by atoms with Gasteiger partial charge in [-0.05, 0) is 18.6 Å². The smallest absolute Gasteiger partial charge is 0.353 e. The fraction of sp³-hybridized carbons (Fsp3) is 0.188. The van der Waals surface area contributed by atoms with E-state index in [1.807, 2.05) is 10.8 Å². The second kappa shape index (κ2) is 8.17. The van der Waals surface area contributed by atoms with Crippen LogP contribution in [0.15, 0.2) is 43.2 Å². The quantitative estimate of drug-likeness (QED) is 0.353. The zero-order chi connectivity index (χ0) is 19.2. The second-order valence-corrected chi connectivity index (χ2v) is 5.51. The Labute approximate surface area is 152 Å². The number of hydrogen-bond acceptors (Lipinski definition) is 7. The Kier molecular flexibility index (Phi) is 5.50. The molecule has 0 fully saturated rings. The Morgan fingerprint density at radius 3 is 2.78 bits per heavy atom. The summed E-state index contributed by atoms with van der Waals surface area (Å²) in [7, 11) is 0. The van der Waals surface area contributed by atoms with E-state index in [9.17, 15) is 18.9 Å². The van der Waals surface area contributed by atoms with E-state index in [0.29, 0.717) is 19.5 Å². The van der Waals surface area contributed by atoms with Crippen molar-refractivity contribution in [2.24, 2.45) is 0 Å². The van der Waals surface area contributed by atoms with Gasteiger partial charge in [-0.3, -0.25) is 10.1 Å². The van der Waals surface area contributed by atoms with Gasteiger partial charge in [0, 0.05) is 31.5 Å². The molecule has 0 saturated carbocycles. The number of nitrogens with zero attached hydrogens (tertiary/aromatic N) is 5. The average molecular weight is 375 g/mol. The first-order chi connectivity index (χ1) is 13.0. The molecule has 0 bridgehead atoms. The lowest BCUT2D eigenvalue weighted by atomic mass is 10.3. The molecule has 2 aromatic heterocycles. The van der Waals surface area contributed by atoms with Gasteiger partial charge in [0.2, 0.25) is 11.6 Å². The maximum Gasteiger partial charge on any atom is 0.353 e. The molecule has 2 heterocycles. The fourth-order valence-corrected chi connectivity index (χ4v) is 2.38. The molecular weight excluding hydrogens is 360 g/mol. The molecule has 0 aliphatic carbocycles. The van der Waals surface area contributed by atoms with Gasteiger partial charge in [-0.2, -0.15) is 0 Å². The lowest BCUT2D eigenvalue weighted by Crippen LogP contribution is -2.11. The number of benzene rings is 1. The van der Waals surface area contributed by atoms with Crippen molar-refractivity contribution < 1.29 is 13.7 Å². The summed E-state index contributed by atoms with van der Waals surface area (Å²) in [5.41, 5.74) is -0.716. The van der Waals surface area contributed by atoms with Gasteiger partial charge in [0.05, 0.1) is 16.9 Å². The minimum absolute atomic E-state index is 0.0139. The molecule has 0 aliphatic heterocycles. The summed E-state index contributed by atoms with van der Waals surface area (Å²) in [6, 6.07) is 2.75. The summed E-state index contributed by atoms with van der Waals surface area (Å²) in [5.74, 6) is -1.70. The first-order valence-electron chi connectivity index (χ1n) is 7.95. The molecule has 27 heavy (non-hydrogen) atoms. The van der Waals surface area contributed by atoms with Crippen molar-refractivity contribution in [3.05, 3.63) is 65.0 Å². The molecule has 0 amide bonds. The highest BCUT2D eigenvalue weighted by Gasteiger charge is 2.23. The van der Waals surface area contributed by atoms with Crippen molar-refractivity contribution in [1.82, 2.24) is 19.5 Å². The molecule has 2 N–H and O–H groups in total. The summed E-state index contributed by atoms with van der Waals surface area (Å²) in [6.45, 7) is 1.08. The van der Waals surface area contributed by atoms with Crippen LogP contribution in [0.3, 0.4) is 0 Å². The van der Waals surface area contributed by atoms with E-state index in [1.165, 1.54) is 0 Å². The topological polar surface area (TPSA) is 111 Å². The molecule has 0 aliphatic rings. The Morgan fingerprint density at radius 1 is 1.22 bits per heavy atom. The number of nitrogens with one attached hydrogen (secondary N) is 2. The van der Waals surface area contributed by atoms with Crippen molar-refractivity contribution in [1.29, 1.82) is 0 Å². The molecule has 9 nitrogen and oxygen atoms in total. The lowest BCUT2D eigenvalue weighted by molar-refractivity contribution is -0.383. The Morgan fingerprint density at radius 2 is 2.04 bits per heavy atom. The van der Waals surface area contributed by atoms with Gasteiger partial charge in [-0.15, -0.1) is 0 Å². The van der Waals surface area contributed by atoms with Gasteiger partial charge in [-0.25, -0.2) is 23.7 Å². The van der Waals surface area contributed by atoms with Crippen LogP contribution in [0.1, 0.15) is 6.42 Å². The van der Waals surface area contributed by atoms with Crippen molar-refractivity contribution in [2.75, 3.05) is 17.2 Å². The van der Waals surface area contributed by atoms with Crippen molar-refractivity contribution in [3.63, 3.8) is 0 Å². The first-order valence-corrected chi connectivity index (χ1v) is 7.95. The summed E-state index contributed by atoms with van der Waals surface area (Å²) in [4.78, 5) is 22.4. The fourth-order valence-electron chi connectivity index (χ4n) is 2.38. The zero-order valence-electron chi connectivity index (χ0n) is 14.0. The van der Waals surface area contributed by atoms with Gasteiger partial charge < -0.3 is 15.2 Å². The van der Waals surface area contributed by atoms with Crippen LogP contribution >= 0.6 is 0 Å². The number of imidazole rings is 1.